The highest BCUT2D eigenvalue weighted by molar-refractivity contribution is 7.89. The van der Waals surface area contributed by atoms with Gasteiger partial charge < -0.3 is 19.8 Å². The average molecular weight is 616 g/mol. The predicted octanol–water partition coefficient (Wildman–Crippen LogP) is 4.92. The minimum Gasteiger partial charge on any atom is -0.497 e. The molecule has 43 heavy (non-hydrogen) atoms. The summed E-state index contributed by atoms with van der Waals surface area (Å²) in [7, 11) is -2.76. The van der Waals surface area contributed by atoms with Gasteiger partial charge in [-0.25, -0.2) is 8.42 Å². The maximum atomic E-state index is 13.8. The van der Waals surface area contributed by atoms with Crippen LogP contribution < -0.4 is 15.2 Å². The number of aromatic nitrogens is 1. The number of hydrogen-bond acceptors (Lipinski definition) is 6. The van der Waals surface area contributed by atoms with Gasteiger partial charge in [0.2, 0.25) is 10.0 Å². The number of hydrogen-bond donors (Lipinski definition) is 1. The zero-order valence-corrected chi connectivity index (χ0v) is 24.0. The number of ether oxygens (including phenoxy) is 2. The number of benzene rings is 3. The Morgan fingerprint density at radius 1 is 0.907 bits per heavy atom. The number of amides is 1. The molecule has 0 radical (unpaired) electrons. The van der Waals surface area contributed by atoms with E-state index < -0.39 is 40.4 Å². The van der Waals surface area contributed by atoms with E-state index in [9.17, 15) is 31.2 Å². The topological polar surface area (TPSA) is 121 Å². The lowest BCUT2D eigenvalue weighted by Crippen LogP contribution is -2.36. The molecule has 0 aliphatic rings. The van der Waals surface area contributed by atoms with Crippen molar-refractivity contribution in [2.24, 2.45) is 5.73 Å². The Balaban J connectivity index is 1.72. The maximum Gasteiger partial charge on any atom is 0.573 e. The molecule has 0 atom stereocenters. The van der Waals surface area contributed by atoms with E-state index >= 15 is 0 Å². The van der Waals surface area contributed by atoms with Crippen LogP contribution in [-0.4, -0.2) is 49.0 Å². The molecule has 9 nitrogen and oxygen atoms in total. The first kappa shape index (κ1) is 31.3. The quantitative estimate of drug-likeness (QED) is 0.226. The smallest absolute Gasteiger partial charge is 0.497 e. The van der Waals surface area contributed by atoms with Gasteiger partial charge in [0.25, 0.3) is 5.91 Å². The predicted molar refractivity (Wildman–Crippen MR) is 151 cm³/mol. The van der Waals surface area contributed by atoms with Gasteiger partial charge in [0, 0.05) is 18.8 Å². The Kier molecular flexibility index (Phi) is 9.26. The fraction of sp³-hybridized carbons (Fsp3) is 0.200. The Hall–Kier alpha value is -4.62. The van der Waals surface area contributed by atoms with Crippen LogP contribution in [0.2, 0.25) is 0 Å². The van der Waals surface area contributed by atoms with E-state index in [1.807, 2.05) is 0 Å². The van der Waals surface area contributed by atoms with Crippen molar-refractivity contribution in [3.63, 3.8) is 0 Å². The maximum absolute atomic E-state index is 13.8. The van der Waals surface area contributed by atoms with E-state index in [0.717, 1.165) is 16.4 Å². The number of ketones is 1. The fourth-order valence-corrected chi connectivity index (χ4v) is 5.89. The summed E-state index contributed by atoms with van der Waals surface area (Å²) in [6.45, 7) is 0.657. The molecule has 0 fully saturated rings. The second-order valence-corrected chi connectivity index (χ2v) is 11.5. The van der Waals surface area contributed by atoms with Gasteiger partial charge in [0.15, 0.2) is 5.78 Å². The number of carbonyl (C=O) groups is 2. The van der Waals surface area contributed by atoms with E-state index in [-0.39, 0.29) is 34.9 Å². The molecule has 0 aliphatic heterocycles. The van der Waals surface area contributed by atoms with Crippen molar-refractivity contribution in [3.8, 4) is 11.5 Å². The van der Waals surface area contributed by atoms with E-state index in [1.54, 1.807) is 30.3 Å². The SMILES string of the molecule is COc1ccc(S(=O)(=O)N(CC(=O)c2cc(C(N)=O)c(C)n2Cc2cccc(OC(F)(F)F)c2)Cc2ccccc2)cc1. The van der Waals surface area contributed by atoms with Gasteiger partial charge in [-0.1, -0.05) is 42.5 Å². The molecule has 0 spiro atoms. The number of nitrogens with zero attached hydrogens (tertiary/aromatic N) is 2. The number of primary amides is 1. The summed E-state index contributed by atoms with van der Waals surface area (Å²) in [6, 6.07) is 20.8. The highest BCUT2D eigenvalue weighted by atomic mass is 32.2. The Bertz CT molecular complexity index is 1720. The molecule has 0 unspecified atom stereocenters. The first-order valence-corrected chi connectivity index (χ1v) is 14.3. The van der Waals surface area contributed by atoms with E-state index in [0.29, 0.717) is 16.9 Å². The van der Waals surface area contributed by atoms with Crippen molar-refractivity contribution in [1.29, 1.82) is 0 Å². The van der Waals surface area contributed by atoms with Crippen LogP contribution in [-0.2, 0) is 23.1 Å². The van der Waals surface area contributed by atoms with Crippen LogP contribution in [0.4, 0.5) is 13.2 Å². The third kappa shape index (κ3) is 7.62. The standard InChI is InChI=1S/C30H28F3N3O6S/c1-20-26(29(34)38)16-27(36(20)18-22-9-6-10-24(15-22)42-30(31,32)33)28(37)19-35(17-21-7-4-3-5-8-21)43(39,40)25-13-11-23(41-2)12-14-25/h3-16H,17-19H2,1-2H3,(H2,34,38). The first-order chi connectivity index (χ1) is 20.3. The van der Waals surface area contributed by atoms with Gasteiger partial charge in [0.05, 0.1) is 29.8 Å². The summed E-state index contributed by atoms with van der Waals surface area (Å²) in [5, 5.41) is 0. The molecule has 0 saturated heterocycles. The largest absolute Gasteiger partial charge is 0.573 e. The van der Waals surface area contributed by atoms with Crippen molar-refractivity contribution in [1.82, 2.24) is 8.87 Å². The van der Waals surface area contributed by atoms with E-state index in [4.69, 9.17) is 10.5 Å². The molecule has 0 aliphatic carbocycles. The van der Waals surface area contributed by atoms with Crippen molar-refractivity contribution in [3.05, 3.63) is 113 Å². The van der Waals surface area contributed by atoms with Gasteiger partial charge in [-0.05, 0) is 60.5 Å². The van der Waals surface area contributed by atoms with Gasteiger partial charge in [-0.3, -0.25) is 9.59 Å². The van der Waals surface area contributed by atoms with Gasteiger partial charge in [0.1, 0.15) is 11.5 Å². The molecule has 2 N–H and O–H groups in total. The number of methoxy groups -OCH3 is 1. The number of carbonyl (C=O) groups excluding carboxylic acids is 2. The van der Waals surface area contributed by atoms with Crippen LogP contribution in [0.1, 0.15) is 37.7 Å². The molecule has 3 aromatic carbocycles. The van der Waals surface area contributed by atoms with Crippen LogP contribution in [0.15, 0.2) is 89.8 Å². The van der Waals surface area contributed by atoms with Crippen LogP contribution in [0.5, 0.6) is 11.5 Å². The molecular weight excluding hydrogens is 587 g/mol. The number of rotatable bonds is 12. The number of alkyl halides is 3. The number of Topliss-reactive ketones (excluding diaryl/α,β-unsaturated/α-hetero) is 1. The Labute approximate surface area is 246 Å². The number of sulfonamides is 1. The van der Waals surface area contributed by atoms with Crippen molar-refractivity contribution in [2.45, 2.75) is 31.3 Å². The molecule has 226 valence electrons. The van der Waals surface area contributed by atoms with Crippen LogP contribution in [0, 0.1) is 6.92 Å². The zero-order chi connectivity index (χ0) is 31.4. The second kappa shape index (κ2) is 12.7. The first-order valence-electron chi connectivity index (χ1n) is 12.8. The van der Waals surface area contributed by atoms with Gasteiger partial charge >= 0.3 is 6.36 Å². The minimum atomic E-state index is -4.90. The highest BCUT2D eigenvalue weighted by Gasteiger charge is 2.32. The average Bonchev–Trinajstić information content (AvgIpc) is 3.28. The summed E-state index contributed by atoms with van der Waals surface area (Å²) in [6.07, 6.45) is -4.90. The number of halogens is 3. The molecule has 13 heteroatoms. The molecular formula is C30H28F3N3O6S. The van der Waals surface area contributed by atoms with E-state index in [2.05, 4.69) is 4.74 Å². The lowest BCUT2D eigenvalue weighted by atomic mass is 10.2. The monoisotopic (exact) mass is 615 g/mol. The summed E-state index contributed by atoms with van der Waals surface area (Å²) < 4.78 is 77.4. The summed E-state index contributed by atoms with van der Waals surface area (Å²) in [5.41, 5.74) is 6.74. The summed E-state index contributed by atoms with van der Waals surface area (Å²) in [5.74, 6) is -1.50. The second-order valence-electron chi connectivity index (χ2n) is 9.53. The normalized spacial score (nSPS) is 11.9. The summed E-state index contributed by atoms with van der Waals surface area (Å²) in [4.78, 5) is 25.9. The lowest BCUT2D eigenvalue weighted by molar-refractivity contribution is -0.274. The summed E-state index contributed by atoms with van der Waals surface area (Å²) >= 11 is 0. The highest BCUT2D eigenvalue weighted by Crippen LogP contribution is 2.26. The number of nitrogens with two attached hydrogens (primary N) is 1. The van der Waals surface area contributed by atoms with Gasteiger partial charge in [-0.2, -0.15) is 4.31 Å². The Morgan fingerprint density at radius 3 is 2.16 bits per heavy atom. The van der Waals surface area contributed by atoms with Gasteiger partial charge in [-0.15, -0.1) is 13.2 Å². The molecule has 1 aromatic heterocycles. The molecule has 1 heterocycles. The lowest BCUT2D eigenvalue weighted by Gasteiger charge is -2.22. The van der Waals surface area contributed by atoms with E-state index in [1.165, 1.54) is 61.1 Å². The molecule has 1 amide bonds. The molecule has 4 rings (SSSR count). The van der Waals surface area contributed by atoms with Crippen molar-refractivity contribution in [2.75, 3.05) is 13.7 Å². The third-order valence-corrected chi connectivity index (χ3v) is 8.42. The van der Waals surface area contributed by atoms with Crippen molar-refractivity contribution >= 4 is 21.7 Å². The zero-order valence-electron chi connectivity index (χ0n) is 23.2. The Morgan fingerprint density at radius 2 is 1.56 bits per heavy atom. The molecule has 4 aromatic rings. The minimum absolute atomic E-state index is 0.0127. The van der Waals surface area contributed by atoms with Crippen LogP contribution in [0.3, 0.4) is 0 Å². The van der Waals surface area contributed by atoms with Crippen LogP contribution >= 0.6 is 0 Å². The van der Waals surface area contributed by atoms with Crippen LogP contribution in [0.25, 0.3) is 0 Å². The third-order valence-electron chi connectivity index (χ3n) is 6.61. The molecule has 0 bridgehead atoms. The van der Waals surface area contributed by atoms with Crippen molar-refractivity contribution < 1.29 is 40.7 Å². The molecule has 0 saturated carbocycles. The fourth-order valence-electron chi connectivity index (χ4n) is 4.50.